The van der Waals surface area contributed by atoms with Crippen molar-refractivity contribution in [1.29, 1.82) is 0 Å². The first-order chi connectivity index (χ1) is 9.62. The third-order valence-corrected chi connectivity index (χ3v) is 4.68. The monoisotopic (exact) mass is 293 g/mol. The van der Waals surface area contributed by atoms with Gasteiger partial charge in [0.25, 0.3) is 0 Å². The maximum Gasteiger partial charge on any atom is 0.230 e. The van der Waals surface area contributed by atoms with E-state index in [2.05, 4.69) is 5.32 Å². The van der Waals surface area contributed by atoms with Gasteiger partial charge in [0.15, 0.2) is 0 Å². The number of hydrogen-bond donors (Lipinski definition) is 1. The lowest BCUT2D eigenvalue weighted by Gasteiger charge is -2.23. The fourth-order valence-electron chi connectivity index (χ4n) is 2.99. The highest BCUT2D eigenvalue weighted by Crippen LogP contribution is 2.49. The molecule has 0 spiro atoms. The second-order valence-corrected chi connectivity index (χ2v) is 6.34. The Morgan fingerprint density at radius 1 is 1.50 bits per heavy atom. The number of benzene rings is 1. The van der Waals surface area contributed by atoms with Crippen molar-refractivity contribution < 1.29 is 9.53 Å². The Balaban J connectivity index is 1.70. The van der Waals surface area contributed by atoms with E-state index in [1.807, 2.05) is 31.2 Å². The van der Waals surface area contributed by atoms with E-state index in [1.54, 1.807) is 0 Å². The summed E-state index contributed by atoms with van der Waals surface area (Å²) >= 11 is 6.04. The number of ether oxygens (including phenoxy) is 1. The average molecular weight is 294 g/mol. The van der Waals surface area contributed by atoms with Crippen LogP contribution in [-0.2, 0) is 14.9 Å². The van der Waals surface area contributed by atoms with Crippen LogP contribution >= 0.6 is 11.6 Å². The summed E-state index contributed by atoms with van der Waals surface area (Å²) in [5, 5.41) is 3.82. The maximum atomic E-state index is 12.6. The lowest BCUT2D eigenvalue weighted by molar-refractivity contribution is -0.125. The van der Waals surface area contributed by atoms with Crippen LogP contribution in [0.2, 0.25) is 5.02 Å². The summed E-state index contributed by atoms with van der Waals surface area (Å²) in [5.74, 6) is 0.114. The summed E-state index contributed by atoms with van der Waals surface area (Å²) in [6.45, 7) is 2.84. The van der Waals surface area contributed by atoms with E-state index >= 15 is 0 Å². The fraction of sp³-hybridized carbons (Fsp3) is 0.562. The zero-order valence-corrected chi connectivity index (χ0v) is 12.5. The normalized spacial score (nSPS) is 25.2. The Hall–Kier alpha value is -1.06. The Morgan fingerprint density at radius 2 is 2.30 bits per heavy atom. The van der Waals surface area contributed by atoms with Crippen molar-refractivity contribution in [3.05, 3.63) is 34.9 Å². The van der Waals surface area contributed by atoms with Crippen molar-refractivity contribution in [1.82, 2.24) is 5.32 Å². The maximum absolute atomic E-state index is 12.6. The van der Waals surface area contributed by atoms with Gasteiger partial charge in [-0.3, -0.25) is 4.79 Å². The summed E-state index contributed by atoms with van der Waals surface area (Å²) in [6, 6.07) is 7.73. The molecule has 0 aromatic heterocycles. The highest BCUT2D eigenvalue weighted by molar-refractivity contribution is 6.30. The number of amides is 1. The van der Waals surface area contributed by atoms with Crippen molar-refractivity contribution in [3.8, 4) is 0 Å². The van der Waals surface area contributed by atoms with E-state index in [-0.39, 0.29) is 23.5 Å². The number of rotatable bonds is 4. The molecule has 1 saturated heterocycles. The molecule has 1 amide bonds. The van der Waals surface area contributed by atoms with E-state index < -0.39 is 0 Å². The second kappa shape index (κ2) is 5.38. The molecular formula is C16H20ClNO2. The molecule has 108 valence electrons. The minimum atomic E-state index is -0.363. The van der Waals surface area contributed by atoms with E-state index in [0.29, 0.717) is 5.02 Å². The molecule has 2 fully saturated rings. The van der Waals surface area contributed by atoms with Gasteiger partial charge in [-0.2, -0.15) is 0 Å². The van der Waals surface area contributed by atoms with Gasteiger partial charge in [0.2, 0.25) is 5.91 Å². The molecular weight excluding hydrogens is 274 g/mol. The molecule has 2 atom stereocenters. The van der Waals surface area contributed by atoms with Crippen molar-refractivity contribution in [2.24, 2.45) is 0 Å². The third kappa shape index (κ3) is 2.57. The van der Waals surface area contributed by atoms with Gasteiger partial charge in [-0.15, -0.1) is 0 Å². The Bertz CT molecular complexity index is 507. The van der Waals surface area contributed by atoms with Gasteiger partial charge in [-0.1, -0.05) is 23.7 Å². The van der Waals surface area contributed by atoms with E-state index in [9.17, 15) is 4.79 Å². The third-order valence-electron chi connectivity index (χ3n) is 4.44. The number of nitrogens with one attached hydrogen (secondary N) is 1. The SMILES string of the molecule is C[C@H](NC(=O)C1(c2cccc(Cl)c2)CC1)[C@@H]1CCCO1. The topological polar surface area (TPSA) is 38.3 Å². The minimum Gasteiger partial charge on any atom is -0.376 e. The Kier molecular flexibility index (Phi) is 3.74. The van der Waals surface area contributed by atoms with Crippen LogP contribution in [0.5, 0.6) is 0 Å². The number of hydrogen-bond acceptors (Lipinski definition) is 2. The van der Waals surface area contributed by atoms with E-state index in [0.717, 1.165) is 37.9 Å². The predicted octanol–water partition coefficient (Wildman–Crippen LogP) is 3.06. The largest absolute Gasteiger partial charge is 0.376 e. The standard InChI is InChI=1S/C16H20ClNO2/c1-11(14-6-3-9-20-14)18-15(19)16(7-8-16)12-4-2-5-13(17)10-12/h2,4-5,10-11,14H,3,6-9H2,1H3,(H,18,19)/t11-,14-/m0/s1. The first kappa shape index (κ1) is 13.9. The summed E-state index contributed by atoms with van der Waals surface area (Å²) in [7, 11) is 0. The van der Waals surface area contributed by atoms with Crippen LogP contribution in [-0.4, -0.2) is 24.7 Å². The Labute approximate surface area is 124 Å². The number of carbonyl (C=O) groups is 1. The van der Waals surface area contributed by atoms with Crippen LogP contribution in [0.4, 0.5) is 0 Å². The number of carbonyl (C=O) groups excluding carboxylic acids is 1. The lowest BCUT2D eigenvalue weighted by atomic mass is 9.94. The highest BCUT2D eigenvalue weighted by atomic mass is 35.5. The molecule has 1 saturated carbocycles. The first-order valence-corrected chi connectivity index (χ1v) is 7.68. The first-order valence-electron chi connectivity index (χ1n) is 7.30. The summed E-state index contributed by atoms with van der Waals surface area (Å²) in [4.78, 5) is 12.6. The van der Waals surface area contributed by atoms with Gasteiger partial charge in [-0.25, -0.2) is 0 Å². The van der Waals surface area contributed by atoms with Crippen molar-refractivity contribution >= 4 is 17.5 Å². The van der Waals surface area contributed by atoms with Gasteiger partial charge < -0.3 is 10.1 Å². The molecule has 1 aromatic carbocycles. The molecule has 1 aliphatic heterocycles. The summed E-state index contributed by atoms with van der Waals surface area (Å²) < 4.78 is 5.64. The van der Waals surface area contributed by atoms with Crippen molar-refractivity contribution in [2.75, 3.05) is 6.61 Å². The lowest BCUT2D eigenvalue weighted by Crippen LogP contribution is -2.45. The molecule has 0 radical (unpaired) electrons. The molecule has 1 heterocycles. The van der Waals surface area contributed by atoms with Crippen LogP contribution in [0.1, 0.15) is 38.2 Å². The van der Waals surface area contributed by atoms with Gasteiger partial charge >= 0.3 is 0 Å². The van der Waals surface area contributed by atoms with Crippen LogP contribution in [0.3, 0.4) is 0 Å². The summed E-state index contributed by atoms with van der Waals surface area (Å²) in [6.07, 6.45) is 4.08. The van der Waals surface area contributed by atoms with Gasteiger partial charge in [-0.05, 0) is 50.3 Å². The van der Waals surface area contributed by atoms with Gasteiger partial charge in [0.05, 0.1) is 17.6 Å². The molecule has 0 bridgehead atoms. The average Bonchev–Trinajstić information content (AvgIpc) is 3.06. The fourth-order valence-corrected chi connectivity index (χ4v) is 3.18. The molecule has 3 rings (SSSR count). The highest BCUT2D eigenvalue weighted by Gasteiger charge is 2.51. The molecule has 1 aromatic rings. The van der Waals surface area contributed by atoms with Crippen LogP contribution in [0.25, 0.3) is 0 Å². The molecule has 20 heavy (non-hydrogen) atoms. The Morgan fingerprint density at radius 3 is 2.90 bits per heavy atom. The smallest absolute Gasteiger partial charge is 0.230 e. The van der Waals surface area contributed by atoms with E-state index in [4.69, 9.17) is 16.3 Å². The van der Waals surface area contributed by atoms with Crippen LogP contribution < -0.4 is 5.32 Å². The zero-order chi connectivity index (χ0) is 14.2. The zero-order valence-electron chi connectivity index (χ0n) is 11.7. The molecule has 1 aliphatic carbocycles. The quantitative estimate of drug-likeness (QED) is 0.926. The van der Waals surface area contributed by atoms with Gasteiger partial charge in [0, 0.05) is 11.6 Å². The molecule has 1 N–H and O–H groups in total. The van der Waals surface area contributed by atoms with Gasteiger partial charge in [0.1, 0.15) is 0 Å². The molecule has 3 nitrogen and oxygen atoms in total. The number of halogens is 1. The van der Waals surface area contributed by atoms with Crippen LogP contribution in [0.15, 0.2) is 24.3 Å². The van der Waals surface area contributed by atoms with E-state index in [1.165, 1.54) is 0 Å². The predicted molar refractivity (Wildman–Crippen MR) is 78.9 cm³/mol. The molecule has 0 unspecified atom stereocenters. The minimum absolute atomic E-state index is 0.0710. The van der Waals surface area contributed by atoms with Crippen LogP contribution in [0, 0.1) is 0 Å². The second-order valence-electron chi connectivity index (χ2n) is 5.91. The molecule has 2 aliphatic rings. The van der Waals surface area contributed by atoms with Crippen molar-refractivity contribution in [2.45, 2.75) is 50.2 Å². The summed E-state index contributed by atoms with van der Waals surface area (Å²) in [5.41, 5.74) is 0.666. The van der Waals surface area contributed by atoms with Crippen molar-refractivity contribution in [3.63, 3.8) is 0 Å². The molecule has 4 heteroatoms.